The van der Waals surface area contributed by atoms with E-state index in [-0.39, 0.29) is 0 Å². The second kappa shape index (κ2) is 6.27. The first kappa shape index (κ1) is 14.2. The number of thiophene rings is 1. The number of hydrogen-bond donors (Lipinski definition) is 1. The summed E-state index contributed by atoms with van der Waals surface area (Å²) in [5, 5.41) is 13.2. The Labute approximate surface area is 120 Å². The summed E-state index contributed by atoms with van der Waals surface area (Å²) in [5.41, 5.74) is 3.72. The van der Waals surface area contributed by atoms with Crippen LogP contribution in [-0.2, 0) is 11.2 Å². The zero-order chi connectivity index (χ0) is 13.8. The summed E-state index contributed by atoms with van der Waals surface area (Å²) in [4.78, 5) is 18.7. The number of carboxylic acid groups (broad SMARTS) is 1. The number of aliphatic carboxylic acids is 1. The number of aryl methyl sites for hydroxylation is 1. The molecule has 2 aromatic heterocycles. The summed E-state index contributed by atoms with van der Waals surface area (Å²) in [6.45, 7) is 2.69. The number of rotatable bonds is 6. The van der Waals surface area contributed by atoms with Crippen molar-refractivity contribution in [1.82, 2.24) is 9.88 Å². The Balaban J connectivity index is 2.03. The maximum absolute atomic E-state index is 11.4. The average molecular weight is 296 g/mol. The van der Waals surface area contributed by atoms with Crippen molar-refractivity contribution in [2.45, 2.75) is 19.4 Å². The molecule has 6 heteroatoms. The highest BCUT2D eigenvalue weighted by atomic mass is 32.1. The molecule has 0 aliphatic rings. The van der Waals surface area contributed by atoms with Gasteiger partial charge in [0.05, 0.1) is 11.2 Å². The lowest BCUT2D eigenvalue weighted by molar-refractivity contribution is -0.143. The van der Waals surface area contributed by atoms with Crippen LogP contribution in [0.5, 0.6) is 0 Å². The van der Waals surface area contributed by atoms with Gasteiger partial charge in [0.25, 0.3) is 0 Å². The van der Waals surface area contributed by atoms with Gasteiger partial charge in [-0.3, -0.25) is 9.69 Å². The van der Waals surface area contributed by atoms with E-state index in [1.165, 1.54) is 16.2 Å². The first-order valence-corrected chi connectivity index (χ1v) is 7.76. The Hall–Kier alpha value is -1.24. The minimum Gasteiger partial charge on any atom is -0.480 e. The van der Waals surface area contributed by atoms with Crippen molar-refractivity contribution in [3.05, 3.63) is 38.5 Å². The van der Waals surface area contributed by atoms with Crippen LogP contribution in [0.15, 0.2) is 22.3 Å². The maximum atomic E-state index is 11.4. The quantitative estimate of drug-likeness (QED) is 0.890. The predicted molar refractivity (Wildman–Crippen MR) is 77.9 cm³/mol. The van der Waals surface area contributed by atoms with Gasteiger partial charge < -0.3 is 5.11 Å². The van der Waals surface area contributed by atoms with Gasteiger partial charge >= 0.3 is 5.97 Å². The van der Waals surface area contributed by atoms with Gasteiger partial charge in [-0.1, -0.05) is 0 Å². The monoisotopic (exact) mass is 296 g/mol. The fourth-order valence-electron chi connectivity index (χ4n) is 1.99. The molecule has 2 aromatic rings. The third kappa shape index (κ3) is 3.40. The average Bonchev–Trinajstić information content (AvgIpc) is 2.98. The third-order valence-corrected chi connectivity index (χ3v) is 4.77. The Kier molecular flexibility index (Phi) is 4.68. The topological polar surface area (TPSA) is 53.4 Å². The molecule has 0 fully saturated rings. The maximum Gasteiger partial charge on any atom is 0.325 e. The van der Waals surface area contributed by atoms with Crippen molar-refractivity contribution < 1.29 is 9.90 Å². The third-order valence-electron chi connectivity index (χ3n) is 3.07. The highest BCUT2D eigenvalue weighted by Crippen LogP contribution is 2.23. The van der Waals surface area contributed by atoms with Crippen molar-refractivity contribution in [1.29, 1.82) is 0 Å². The lowest BCUT2D eigenvalue weighted by atomic mass is 10.1. The minimum atomic E-state index is -0.804. The molecule has 0 spiro atoms. The van der Waals surface area contributed by atoms with E-state index in [1.807, 2.05) is 41.2 Å². The van der Waals surface area contributed by atoms with Gasteiger partial charge in [-0.05, 0) is 42.8 Å². The number of nitrogens with zero attached hydrogens (tertiary/aromatic N) is 2. The van der Waals surface area contributed by atoms with E-state index < -0.39 is 12.0 Å². The molecule has 19 heavy (non-hydrogen) atoms. The molecule has 1 N–H and O–H groups in total. The van der Waals surface area contributed by atoms with Crippen LogP contribution in [0.25, 0.3) is 0 Å². The fourth-order valence-corrected chi connectivity index (χ4v) is 3.44. The number of hydrogen-bond acceptors (Lipinski definition) is 5. The molecule has 0 radical (unpaired) electrons. The summed E-state index contributed by atoms with van der Waals surface area (Å²) < 4.78 is 0. The molecule has 1 atom stereocenters. The SMILES string of the molecule is Cc1ncsc1CCN(C)[C@H](C(=O)O)c1ccsc1. The number of carbonyl (C=O) groups is 1. The van der Waals surface area contributed by atoms with Crippen LogP contribution in [0.2, 0.25) is 0 Å². The van der Waals surface area contributed by atoms with Crippen LogP contribution >= 0.6 is 22.7 Å². The van der Waals surface area contributed by atoms with Crippen LogP contribution in [0.1, 0.15) is 22.2 Å². The lowest BCUT2D eigenvalue weighted by Gasteiger charge is -2.23. The summed E-state index contributed by atoms with van der Waals surface area (Å²) >= 11 is 3.15. The van der Waals surface area contributed by atoms with Crippen molar-refractivity contribution >= 4 is 28.6 Å². The molecular weight excluding hydrogens is 280 g/mol. The molecule has 0 saturated heterocycles. The molecule has 0 unspecified atom stereocenters. The van der Waals surface area contributed by atoms with Crippen molar-refractivity contribution in [2.75, 3.05) is 13.6 Å². The molecule has 0 saturated carbocycles. The standard InChI is InChI=1S/C13H16N2O2S2/c1-9-11(19-8-14-9)3-5-15(2)12(13(16)17)10-4-6-18-7-10/h4,6-8,12H,3,5H2,1-2H3,(H,16,17)/t12-/m0/s1. The Morgan fingerprint density at radius 3 is 2.89 bits per heavy atom. The van der Waals surface area contributed by atoms with E-state index in [9.17, 15) is 9.90 Å². The summed E-state index contributed by atoms with van der Waals surface area (Å²) in [6.07, 6.45) is 0.834. The summed E-state index contributed by atoms with van der Waals surface area (Å²) in [7, 11) is 1.85. The zero-order valence-corrected chi connectivity index (χ0v) is 12.5. The van der Waals surface area contributed by atoms with Crippen LogP contribution in [-0.4, -0.2) is 34.6 Å². The van der Waals surface area contributed by atoms with Crippen LogP contribution < -0.4 is 0 Å². The number of likely N-dealkylation sites (N-methyl/N-ethyl adjacent to an activating group) is 1. The summed E-state index contributed by atoms with van der Waals surface area (Å²) in [5.74, 6) is -0.804. The molecular formula is C13H16N2O2S2. The van der Waals surface area contributed by atoms with Crippen LogP contribution in [0.3, 0.4) is 0 Å². The van der Waals surface area contributed by atoms with Gasteiger partial charge in [0, 0.05) is 11.4 Å². The lowest BCUT2D eigenvalue weighted by Crippen LogP contribution is -2.32. The van der Waals surface area contributed by atoms with Crippen LogP contribution in [0, 0.1) is 6.92 Å². The molecule has 2 rings (SSSR count). The normalized spacial score (nSPS) is 12.8. The van der Waals surface area contributed by atoms with Crippen molar-refractivity contribution in [2.24, 2.45) is 0 Å². The van der Waals surface area contributed by atoms with E-state index in [2.05, 4.69) is 4.98 Å². The predicted octanol–water partition coefficient (Wildman–Crippen LogP) is 2.81. The molecule has 0 bridgehead atoms. The largest absolute Gasteiger partial charge is 0.480 e. The first-order valence-electron chi connectivity index (χ1n) is 5.93. The van der Waals surface area contributed by atoms with Crippen LogP contribution in [0.4, 0.5) is 0 Å². The molecule has 4 nitrogen and oxygen atoms in total. The fraction of sp³-hybridized carbons (Fsp3) is 0.385. The van der Waals surface area contributed by atoms with E-state index >= 15 is 0 Å². The number of carboxylic acids is 1. The Morgan fingerprint density at radius 1 is 1.58 bits per heavy atom. The Morgan fingerprint density at radius 2 is 2.37 bits per heavy atom. The van der Waals surface area contributed by atoms with Crippen molar-refractivity contribution in [3.8, 4) is 0 Å². The molecule has 102 valence electrons. The molecule has 2 heterocycles. The van der Waals surface area contributed by atoms with Gasteiger partial charge in [-0.15, -0.1) is 11.3 Å². The molecule has 0 aliphatic heterocycles. The first-order chi connectivity index (χ1) is 9.09. The van der Waals surface area contributed by atoms with Crippen molar-refractivity contribution in [3.63, 3.8) is 0 Å². The highest BCUT2D eigenvalue weighted by Gasteiger charge is 2.24. The van der Waals surface area contributed by atoms with E-state index in [0.717, 1.165) is 17.7 Å². The molecule has 0 aliphatic carbocycles. The van der Waals surface area contributed by atoms with Gasteiger partial charge in [0.1, 0.15) is 6.04 Å². The second-order valence-electron chi connectivity index (χ2n) is 4.39. The summed E-state index contributed by atoms with van der Waals surface area (Å²) in [6, 6.07) is 1.30. The molecule has 0 amide bonds. The number of aromatic nitrogens is 1. The van der Waals surface area contributed by atoms with E-state index in [0.29, 0.717) is 6.54 Å². The smallest absolute Gasteiger partial charge is 0.325 e. The minimum absolute atomic E-state index is 0.570. The zero-order valence-electron chi connectivity index (χ0n) is 10.9. The van der Waals surface area contributed by atoms with Gasteiger partial charge in [0.2, 0.25) is 0 Å². The second-order valence-corrected chi connectivity index (χ2v) is 6.11. The Bertz CT molecular complexity index is 537. The van der Waals surface area contributed by atoms with E-state index in [4.69, 9.17) is 0 Å². The van der Waals surface area contributed by atoms with Gasteiger partial charge in [-0.2, -0.15) is 11.3 Å². The number of thiazole rings is 1. The van der Waals surface area contributed by atoms with Gasteiger partial charge in [-0.25, -0.2) is 4.98 Å². The van der Waals surface area contributed by atoms with E-state index in [1.54, 1.807) is 11.3 Å². The van der Waals surface area contributed by atoms with Gasteiger partial charge in [0.15, 0.2) is 0 Å². The highest BCUT2D eigenvalue weighted by molar-refractivity contribution is 7.09. The molecule has 0 aromatic carbocycles.